The van der Waals surface area contributed by atoms with Crippen molar-refractivity contribution in [3.05, 3.63) is 51.7 Å². The van der Waals surface area contributed by atoms with Crippen LogP contribution in [0.2, 0.25) is 0 Å². The van der Waals surface area contributed by atoms with Crippen LogP contribution in [0.4, 0.5) is 5.69 Å². The summed E-state index contributed by atoms with van der Waals surface area (Å²) in [6.45, 7) is 0. The molecule has 3 rings (SSSR count). The average molecular weight is 344 g/mol. The number of ether oxygens (including phenoxy) is 1. The number of esters is 1. The van der Waals surface area contributed by atoms with Crippen LogP contribution in [0, 0.1) is 0 Å². The van der Waals surface area contributed by atoms with Gasteiger partial charge in [-0.25, -0.2) is 4.79 Å². The molecule has 0 unspecified atom stereocenters. The molecular formula is C17H16N2O4S. The molecule has 1 aliphatic rings. The second-order valence-electron chi connectivity index (χ2n) is 5.47. The molecule has 7 heteroatoms. The number of carbonyl (C=O) groups excluding carboxylic acids is 3. The number of fused-ring (bicyclic) bond motifs is 1. The highest BCUT2D eigenvalue weighted by atomic mass is 32.1. The standard InChI is InChI=1S/C17H16N2O4S/c1-23-17(22)16(12-4-5-24-9-12)19-14(20)7-10-2-3-11-8-15(21)18-13(11)6-10/h2-6,9,16H,7-8H2,1H3,(H,18,21)(H,19,20)/t16-/m0/s1. The molecule has 2 amide bonds. The topological polar surface area (TPSA) is 84.5 Å². The number of anilines is 1. The van der Waals surface area contributed by atoms with E-state index in [2.05, 4.69) is 10.6 Å². The van der Waals surface area contributed by atoms with E-state index in [0.29, 0.717) is 12.0 Å². The van der Waals surface area contributed by atoms with Crippen LogP contribution in [0.5, 0.6) is 0 Å². The smallest absolute Gasteiger partial charge is 0.333 e. The Bertz CT molecular complexity index is 786. The lowest BCUT2D eigenvalue weighted by atomic mass is 10.1. The van der Waals surface area contributed by atoms with E-state index >= 15 is 0 Å². The zero-order valence-corrected chi connectivity index (χ0v) is 13.8. The number of amides is 2. The lowest BCUT2D eigenvalue weighted by Gasteiger charge is -2.15. The average Bonchev–Trinajstić information content (AvgIpc) is 3.20. The zero-order valence-electron chi connectivity index (χ0n) is 13.0. The van der Waals surface area contributed by atoms with Crippen molar-refractivity contribution in [2.45, 2.75) is 18.9 Å². The summed E-state index contributed by atoms with van der Waals surface area (Å²) in [5, 5.41) is 9.09. The number of nitrogens with one attached hydrogen (secondary N) is 2. The second-order valence-corrected chi connectivity index (χ2v) is 6.25. The number of methoxy groups -OCH3 is 1. The molecule has 0 saturated carbocycles. The van der Waals surface area contributed by atoms with Gasteiger partial charge in [-0.1, -0.05) is 12.1 Å². The van der Waals surface area contributed by atoms with Crippen LogP contribution in [-0.4, -0.2) is 24.9 Å². The van der Waals surface area contributed by atoms with Crippen LogP contribution in [-0.2, 0) is 32.0 Å². The fraction of sp³-hybridized carbons (Fsp3) is 0.235. The van der Waals surface area contributed by atoms with Gasteiger partial charge >= 0.3 is 5.97 Å². The maximum atomic E-state index is 12.3. The predicted octanol–water partition coefficient (Wildman–Crippen LogP) is 1.82. The molecule has 0 radical (unpaired) electrons. The molecule has 24 heavy (non-hydrogen) atoms. The predicted molar refractivity (Wildman–Crippen MR) is 89.7 cm³/mol. The molecule has 2 aromatic rings. The van der Waals surface area contributed by atoms with Gasteiger partial charge in [0.2, 0.25) is 11.8 Å². The number of thiophene rings is 1. The highest BCUT2D eigenvalue weighted by Crippen LogP contribution is 2.24. The van der Waals surface area contributed by atoms with E-state index in [1.165, 1.54) is 18.4 Å². The van der Waals surface area contributed by atoms with Crippen molar-refractivity contribution >= 4 is 34.8 Å². The Kier molecular flexibility index (Phi) is 4.61. The van der Waals surface area contributed by atoms with Crippen LogP contribution in [0.1, 0.15) is 22.7 Å². The van der Waals surface area contributed by atoms with Gasteiger partial charge in [0.1, 0.15) is 0 Å². The van der Waals surface area contributed by atoms with Crippen molar-refractivity contribution in [1.29, 1.82) is 0 Å². The summed E-state index contributed by atoms with van der Waals surface area (Å²) >= 11 is 1.44. The summed E-state index contributed by atoms with van der Waals surface area (Å²) in [5.41, 5.74) is 3.13. The van der Waals surface area contributed by atoms with Crippen molar-refractivity contribution < 1.29 is 19.1 Å². The minimum Gasteiger partial charge on any atom is -0.467 e. The highest BCUT2D eigenvalue weighted by molar-refractivity contribution is 7.08. The number of hydrogen-bond acceptors (Lipinski definition) is 5. The lowest BCUT2D eigenvalue weighted by Crippen LogP contribution is -2.35. The molecule has 1 aromatic heterocycles. The third kappa shape index (κ3) is 3.46. The summed E-state index contributed by atoms with van der Waals surface area (Å²) in [6, 6.07) is 6.40. The highest BCUT2D eigenvalue weighted by Gasteiger charge is 2.24. The summed E-state index contributed by atoms with van der Waals surface area (Å²) in [7, 11) is 1.29. The van der Waals surface area contributed by atoms with E-state index in [0.717, 1.165) is 16.8 Å². The molecule has 6 nitrogen and oxygen atoms in total. The molecule has 124 valence electrons. The van der Waals surface area contributed by atoms with Crippen LogP contribution in [0.15, 0.2) is 35.0 Å². The van der Waals surface area contributed by atoms with Gasteiger partial charge in [0, 0.05) is 5.69 Å². The van der Waals surface area contributed by atoms with Gasteiger partial charge in [0.25, 0.3) is 0 Å². The maximum Gasteiger partial charge on any atom is 0.333 e. The quantitative estimate of drug-likeness (QED) is 0.810. The maximum absolute atomic E-state index is 12.3. The molecule has 0 spiro atoms. The Balaban J connectivity index is 1.69. The van der Waals surface area contributed by atoms with Crippen molar-refractivity contribution in [2.75, 3.05) is 12.4 Å². The fourth-order valence-corrected chi connectivity index (χ4v) is 3.29. The van der Waals surface area contributed by atoms with Crippen molar-refractivity contribution in [1.82, 2.24) is 5.32 Å². The van der Waals surface area contributed by atoms with Crippen LogP contribution >= 0.6 is 11.3 Å². The van der Waals surface area contributed by atoms with Crippen molar-refractivity contribution in [3.63, 3.8) is 0 Å². The zero-order chi connectivity index (χ0) is 17.1. The molecule has 1 aromatic carbocycles. The van der Waals surface area contributed by atoms with Gasteiger partial charge in [0.05, 0.1) is 20.0 Å². The number of hydrogen-bond donors (Lipinski definition) is 2. The van der Waals surface area contributed by atoms with Gasteiger partial charge < -0.3 is 15.4 Å². The Morgan fingerprint density at radius 1 is 1.38 bits per heavy atom. The summed E-state index contributed by atoms with van der Waals surface area (Å²) in [5.74, 6) is -0.848. The van der Waals surface area contributed by atoms with Crippen molar-refractivity contribution in [2.24, 2.45) is 0 Å². The second kappa shape index (κ2) is 6.84. The van der Waals surface area contributed by atoms with E-state index < -0.39 is 12.0 Å². The van der Waals surface area contributed by atoms with Crippen molar-refractivity contribution in [3.8, 4) is 0 Å². The van der Waals surface area contributed by atoms with Gasteiger partial charge in [-0.3, -0.25) is 9.59 Å². The molecule has 0 bridgehead atoms. The summed E-state index contributed by atoms with van der Waals surface area (Å²) < 4.78 is 4.76. The Labute approximate surface area is 142 Å². The molecular weight excluding hydrogens is 328 g/mol. The minimum atomic E-state index is -0.817. The minimum absolute atomic E-state index is 0.0465. The van der Waals surface area contributed by atoms with E-state index in [-0.39, 0.29) is 18.2 Å². The van der Waals surface area contributed by atoms with Crippen LogP contribution in [0.25, 0.3) is 0 Å². The van der Waals surface area contributed by atoms with E-state index in [9.17, 15) is 14.4 Å². The molecule has 2 heterocycles. The first-order chi connectivity index (χ1) is 11.6. The third-order valence-corrected chi connectivity index (χ3v) is 4.48. The van der Waals surface area contributed by atoms with Crippen LogP contribution in [0.3, 0.4) is 0 Å². The first-order valence-corrected chi connectivity index (χ1v) is 8.32. The van der Waals surface area contributed by atoms with Gasteiger partial charge in [-0.05, 0) is 39.6 Å². The molecule has 0 aliphatic carbocycles. The SMILES string of the molecule is COC(=O)[C@@H](NC(=O)Cc1ccc2c(c1)NC(=O)C2)c1ccsc1. The normalized spacial score (nSPS) is 13.8. The molecule has 1 aliphatic heterocycles. The number of rotatable bonds is 5. The Hall–Kier alpha value is -2.67. The Morgan fingerprint density at radius 3 is 2.92 bits per heavy atom. The molecule has 0 fully saturated rings. The first-order valence-electron chi connectivity index (χ1n) is 7.38. The summed E-state index contributed by atoms with van der Waals surface area (Å²) in [4.78, 5) is 35.6. The van der Waals surface area contributed by atoms with Gasteiger partial charge in [-0.2, -0.15) is 11.3 Å². The van der Waals surface area contributed by atoms with E-state index in [1.807, 2.05) is 17.5 Å². The fourth-order valence-electron chi connectivity index (χ4n) is 2.60. The molecule has 2 N–H and O–H groups in total. The van der Waals surface area contributed by atoms with Crippen LogP contribution < -0.4 is 10.6 Å². The summed E-state index contributed by atoms with van der Waals surface area (Å²) in [6.07, 6.45) is 0.477. The number of benzene rings is 1. The Morgan fingerprint density at radius 2 is 2.21 bits per heavy atom. The first kappa shape index (κ1) is 16.2. The van der Waals surface area contributed by atoms with Gasteiger partial charge in [-0.15, -0.1) is 0 Å². The molecule has 0 saturated heterocycles. The van der Waals surface area contributed by atoms with E-state index in [1.54, 1.807) is 17.5 Å². The monoisotopic (exact) mass is 344 g/mol. The van der Waals surface area contributed by atoms with Gasteiger partial charge in [0.15, 0.2) is 6.04 Å². The largest absolute Gasteiger partial charge is 0.467 e. The third-order valence-electron chi connectivity index (χ3n) is 3.78. The molecule has 1 atom stereocenters. The number of carbonyl (C=O) groups is 3. The lowest BCUT2D eigenvalue weighted by molar-refractivity contribution is -0.145. The van der Waals surface area contributed by atoms with E-state index in [4.69, 9.17) is 4.74 Å².